The number of morpholine rings is 1. The van der Waals surface area contributed by atoms with Crippen LogP contribution in [-0.2, 0) is 11.3 Å². The molecular weight excluding hydrogens is 466 g/mol. The quantitative estimate of drug-likeness (QED) is 0.459. The number of ether oxygens (including phenoxy) is 1. The third-order valence-corrected chi connectivity index (χ3v) is 6.37. The molecule has 2 aromatic carbocycles. The molecule has 0 saturated carbocycles. The van der Waals surface area contributed by atoms with E-state index in [-0.39, 0.29) is 5.02 Å². The Kier molecular flexibility index (Phi) is 7.37. The second-order valence-electron chi connectivity index (χ2n) is 7.84. The molecule has 4 rings (SSSR count). The molecule has 0 spiro atoms. The van der Waals surface area contributed by atoms with Gasteiger partial charge in [-0.15, -0.1) is 0 Å². The van der Waals surface area contributed by atoms with E-state index in [9.17, 15) is 4.39 Å². The lowest BCUT2D eigenvalue weighted by Crippen LogP contribution is -2.41. The van der Waals surface area contributed by atoms with E-state index < -0.39 is 5.82 Å². The molecule has 0 atom stereocenters. The molecule has 0 unspecified atom stereocenters. The van der Waals surface area contributed by atoms with Gasteiger partial charge in [0.15, 0.2) is 0 Å². The summed E-state index contributed by atoms with van der Waals surface area (Å²) < 4.78 is 19.4. The molecule has 6 N–H and O–H groups in total. The van der Waals surface area contributed by atoms with Crippen LogP contribution in [0.3, 0.4) is 0 Å². The number of hydrogen-bond acceptors (Lipinski definition) is 7. The Morgan fingerprint density at radius 3 is 2.76 bits per heavy atom. The van der Waals surface area contributed by atoms with Crippen molar-refractivity contribution in [1.82, 2.24) is 10.2 Å². The standard InChI is InChI=1S/C23H27Cl2FN6O/c24-18-4-5-19(26)22(25)17(18)14-32-7-6-29-23(28)20(32)13-21(27)30-15-2-1-3-16(12-15)31-8-10-33-11-9-31/h1-5,12-13,29-30H,6-11,14,27-28H2/b21-13+. The van der Waals surface area contributed by atoms with Gasteiger partial charge in [0.25, 0.3) is 0 Å². The highest BCUT2D eigenvalue weighted by Gasteiger charge is 2.21. The first-order valence-electron chi connectivity index (χ1n) is 10.7. The van der Waals surface area contributed by atoms with Gasteiger partial charge in [-0.05, 0) is 30.3 Å². The molecule has 0 aromatic heterocycles. The first kappa shape index (κ1) is 23.4. The number of halogens is 3. The van der Waals surface area contributed by atoms with Gasteiger partial charge >= 0.3 is 0 Å². The number of hydrogen-bond donors (Lipinski definition) is 4. The Hall–Kier alpha value is -2.81. The van der Waals surface area contributed by atoms with Gasteiger partial charge in [-0.3, -0.25) is 0 Å². The molecule has 0 aliphatic carbocycles. The third kappa shape index (κ3) is 5.58. The van der Waals surface area contributed by atoms with Crippen molar-refractivity contribution in [2.75, 3.05) is 49.6 Å². The Bertz CT molecular complexity index is 1070. The van der Waals surface area contributed by atoms with Crippen LogP contribution in [0.1, 0.15) is 5.56 Å². The number of benzene rings is 2. The lowest BCUT2D eigenvalue weighted by Gasteiger charge is -2.32. The van der Waals surface area contributed by atoms with E-state index in [2.05, 4.69) is 21.6 Å². The maximum absolute atomic E-state index is 14.0. The van der Waals surface area contributed by atoms with Crippen molar-refractivity contribution < 1.29 is 9.13 Å². The molecule has 1 saturated heterocycles. The zero-order valence-electron chi connectivity index (χ0n) is 18.1. The van der Waals surface area contributed by atoms with Crippen LogP contribution in [-0.4, -0.2) is 44.3 Å². The molecule has 0 amide bonds. The van der Waals surface area contributed by atoms with Crippen molar-refractivity contribution in [3.8, 4) is 0 Å². The molecule has 0 bridgehead atoms. The summed E-state index contributed by atoms with van der Waals surface area (Å²) in [5.41, 5.74) is 15.7. The number of rotatable bonds is 6. The number of nitrogens with one attached hydrogen (secondary N) is 2. The van der Waals surface area contributed by atoms with Crippen molar-refractivity contribution in [3.63, 3.8) is 0 Å². The summed E-state index contributed by atoms with van der Waals surface area (Å²) >= 11 is 12.5. The summed E-state index contributed by atoms with van der Waals surface area (Å²) in [6.45, 7) is 4.68. The molecule has 176 valence electrons. The van der Waals surface area contributed by atoms with Crippen LogP contribution in [0.5, 0.6) is 0 Å². The number of nitrogens with two attached hydrogens (primary N) is 2. The normalized spacial score (nSPS) is 17.2. The highest BCUT2D eigenvalue weighted by molar-refractivity contribution is 6.36. The summed E-state index contributed by atoms with van der Waals surface area (Å²) in [5, 5.41) is 6.77. The topological polar surface area (TPSA) is 91.8 Å². The Morgan fingerprint density at radius 2 is 1.97 bits per heavy atom. The first-order valence-corrected chi connectivity index (χ1v) is 11.5. The minimum absolute atomic E-state index is 0.00829. The van der Waals surface area contributed by atoms with Crippen LogP contribution in [0.15, 0.2) is 59.8 Å². The lowest BCUT2D eigenvalue weighted by molar-refractivity contribution is 0.122. The van der Waals surface area contributed by atoms with E-state index in [1.165, 1.54) is 12.1 Å². The molecule has 33 heavy (non-hydrogen) atoms. The molecule has 0 radical (unpaired) electrons. The average Bonchev–Trinajstić information content (AvgIpc) is 2.82. The van der Waals surface area contributed by atoms with Gasteiger partial charge in [0.2, 0.25) is 0 Å². The van der Waals surface area contributed by atoms with E-state index in [1.807, 2.05) is 23.1 Å². The van der Waals surface area contributed by atoms with E-state index >= 15 is 0 Å². The van der Waals surface area contributed by atoms with Gasteiger partial charge in [-0.1, -0.05) is 29.3 Å². The number of anilines is 2. The molecule has 7 nitrogen and oxygen atoms in total. The summed E-state index contributed by atoms with van der Waals surface area (Å²) in [5.74, 6) is 0.371. The van der Waals surface area contributed by atoms with Gasteiger partial charge in [0.05, 0.1) is 23.9 Å². The largest absolute Gasteiger partial charge is 0.385 e. The van der Waals surface area contributed by atoms with Crippen molar-refractivity contribution in [1.29, 1.82) is 0 Å². The zero-order chi connectivity index (χ0) is 23.4. The minimum atomic E-state index is -0.512. The fourth-order valence-corrected chi connectivity index (χ4v) is 4.39. The fraction of sp³-hybridized carbons (Fsp3) is 0.304. The monoisotopic (exact) mass is 492 g/mol. The summed E-state index contributed by atoms with van der Waals surface area (Å²) in [6, 6.07) is 10.8. The Labute approximate surface area is 202 Å². The van der Waals surface area contributed by atoms with Crippen molar-refractivity contribution >= 4 is 34.6 Å². The molecule has 2 aliphatic rings. The van der Waals surface area contributed by atoms with E-state index in [0.717, 1.165) is 37.7 Å². The second kappa shape index (κ2) is 10.4. The Morgan fingerprint density at radius 1 is 1.18 bits per heavy atom. The summed E-state index contributed by atoms with van der Waals surface area (Å²) in [4.78, 5) is 4.24. The first-order chi connectivity index (χ1) is 15.9. The van der Waals surface area contributed by atoms with Gasteiger partial charge in [0.1, 0.15) is 17.5 Å². The minimum Gasteiger partial charge on any atom is -0.385 e. The molecule has 1 fully saturated rings. The predicted molar refractivity (Wildman–Crippen MR) is 131 cm³/mol. The highest BCUT2D eigenvalue weighted by atomic mass is 35.5. The Balaban J connectivity index is 1.53. The van der Waals surface area contributed by atoms with Crippen LogP contribution in [0, 0.1) is 5.82 Å². The molecule has 2 aromatic rings. The lowest BCUT2D eigenvalue weighted by atomic mass is 10.1. The van der Waals surface area contributed by atoms with Crippen LogP contribution >= 0.6 is 23.2 Å². The number of nitrogens with zero attached hydrogens (tertiary/aromatic N) is 2. The summed E-state index contributed by atoms with van der Waals surface area (Å²) in [6.07, 6.45) is 1.75. The van der Waals surface area contributed by atoms with Gasteiger partial charge in [-0.2, -0.15) is 0 Å². The third-order valence-electron chi connectivity index (χ3n) is 5.60. The highest BCUT2D eigenvalue weighted by Crippen LogP contribution is 2.30. The molecule has 2 heterocycles. The van der Waals surface area contributed by atoms with Gasteiger partial charge in [-0.25, -0.2) is 4.39 Å². The second-order valence-corrected chi connectivity index (χ2v) is 8.63. The van der Waals surface area contributed by atoms with E-state index in [4.69, 9.17) is 39.4 Å². The van der Waals surface area contributed by atoms with Gasteiger partial charge < -0.3 is 36.6 Å². The SMILES string of the molecule is NC1=C(/C=C(\N)Nc2cccc(N3CCOCC3)c2)N(Cc2c(Cl)ccc(F)c2Cl)CCN1. The maximum Gasteiger partial charge on any atom is 0.142 e. The summed E-state index contributed by atoms with van der Waals surface area (Å²) in [7, 11) is 0. The van der Waals surface area contributed by atoms with Crippen molar-refractivity contribution in [2.24, 2.45) is 11.5 Å². The van der Waals surface area contributed by atoms with Crippen molar-refractivity contribution in [2.45, 2.75) is 6.54 Å². The van der Waals surface area contributed by atoms with Crippen LogP contribution < -0.4 is 27.0 Å². The average molecular weight is 493 g/mol. The molecule has 10 heteroatoms. The van der Waals surface area contributed by atoms with Gasteiger partial charge in [0, 0.05) is 60.8 Å². The predicted octanol–water partition coefficient (Wildman–Crippen LogP) is 3.41. The zero-order valence-corrected chi connectivity index (χ0v) is 19.6. The van der Waals surface area contributed by atoms with Crippen LogP contribution in [0.25, 0.3) is 0 Å². The van der Waals surface area contributed by atoms with Crippen molar-refractivity contribution in [3.05, 3.63) is 81.2 Å². The molecular formula is C23H27Cl2FN6O. The molecule has 2 aliphatic heterocycles. The number of allylic oxidation sites excluding steroid dienone is 1. The van der Waals surface area contributed by atoms with Crippen LogP contribution in [0.2, 0.25) is 10.0 Å². The fourth-order valence-electron chi connectivity index (χ4n) is 3.90. The smallest absolute Gasteiger partial charge is 0.142 e. The van der Waals surface area contributed by atoms with E-state index in [0.29, 0.717) is 47.6 Å². The van der Waals surface area contributed by atoms with Crippen LogP contribution in [0.4, 0.5) is 15.8 Å². The maximum atomic E-state index is 14.0. The van der Waals surface area contributed by atoms with E-state index in [1.54, 1.807) is 6.08 Å².